The molecule has 0 saturated heterocycles. The summed E-state index contributed by atoms with van der Waals surface area (Å²) >= 11 is 3.21. The second-order valence-electron chi connectivity index (χ2n) is 4.12. The van der Waals surface area contributed by atoms with Crippen LogP contribution in [0.1, 0.15) is 23.7 Å². The van der Waals surface area contributed by atoms with Crippen LogP contribution >= 0.6 is 15.9 Å². The number of carbonyl (C=O) groups is 2. The molecule has 0 heterocycles. The van der Waals surface area contributed by atoms with E-state index in [2.05, 4.69) is 31.9 Å². The molecule has 0 aliphatic heterocycles. The van der Waals surface area contributed by atoms with Crippen LogP contribution in [0.15, 0.2) is 22.7 Å². The van der Waals surface area contributed by atoms with Crippen LogP contribution in [0, 0.1) is 0 Å². The average Bonchev–Trinajstić information content (AvgIpc) is 2.37. The van der Waals surface area contributed by atoms with Crippen molar-refractivity contribution in [2.75, 3.05) is 25.0 Å². The van der Waals surface area contributed by atoms with E-state index < -0.39 is 5.97 Å². The number of hydrogen-bond acceptors (Lipinski definition) is 3. The number of urea groups is 1. The van der Waals surface area contributed by atoms with Gasteiger partial charge in [-0.05, 0) is 37.7 Å². The van der Waals surface area contributed by atoms with E-state index >= 15 is 0 Å². The Kier molecular flexibility index (Phi) is 7.03. The number of nitrogens with one attached hydrogen (secondary N) is 3. The fourth-order valence-corrected chi connectivity index (χ4v) is 2.05. The molecule has 110 valence electrons. The van der Waals surface area contributed by atoms with E-state index in [4.69, 9.17) is 5.11 Å². The van der Waals surface area contributed by atoms with Crippen molar-refractivity contribution in [3.8, 4) is 0 Å². The molecule has 0 aromatic heterocycles. The molecule has 0 spiro atoms. The highest BCUT2D eigenvalue weighted by Crippen LogP contribution is 2.19. The third-order valence-electron chi connectivity index (χ3n) is 2.47. The fraction of sp³-hybridized carbons (Fsp3) is 0.385. The Bertz CT molecular complexity index is 480. The number of amides is 2. The number of carbonyl (C=O) groups excluding carboxylic acids is 1. The van der Waals surface area contributed by atoms with E-state index in [1.165, 1.54) is 12.1 Å². The molecule has 0 unspecified atom stereocenters. The number of halogens is 1. The van der Waals surface area contributed by atoms with Gasteiger partial charge in [0.15, 0.2) is 0 Å². The van der Waals surface area contributed by atoms with Gasteiger partial charge in [-0.3, -0.25) is 0 Å². The molecule has 1 aromatic carbocycles. The summed E-state index contributed by atoms with van der Waals surface area (Å²) in [4.78, 5) is 22.5. The second kappa shape index (κ2) is 8.55. The Labute approximate surface area is 126 Å². The third-order valence-corrected chi connectivity index (χ3v) is 2.93. The van der Waals surface area contributed by atoms with E-state index in [1.54, 1.807) is 6.07 Å². The normalized spacial score (nSPS) is 10.1. The highest BCUT2D eigenvalue weighted by Gasteiger charge is 2.08. The van der Waals surface area contributed by atoms with Crippen LogP contribution < -0.4 is 16.0 Å². The summed E-state index contributed by atoms with van der Waals surface area (Å²) < 4.78 is 0.597. The van der Waals surface area contributed by atoms with Crippen molar-refractivity contribution in [3.05, 3.63) is 28.2 Å². The third kappa shape index (κ3) is 6.03. The first kappa shape index (κ1) is 16.5. The van der Waals surface area contributed by atoms with Gasteiger partial charge in [0.1, 0.15) is 0 Å². The highest BCUT2D eigenvalue weighted by atomic mass is 79.9. The van der Waals surface area contributed by atoms with E-state index in [9.17, 15) is 9.59 Å². The second-order valence-corrected chi connectivity index (χ2v) is 5.04. The van der Waals surface area contributed by atoms with Crippen molar-refractivity contribution in [2.45, 2.75) is 13.3 Å². The van der Waals surface area contributed by atoms with Gasteiger partial charge in [-0.25, -0.2) is 9.59 Å². The molecule has 6 nitrogen and oxygen atoms in total. The van der Waals surface area contributed by atoms with Crippen LogP contribution in [0.4, 0.5) is 10.5 Å². The minimum Gasteiger partial charge on any atom is -0.478 e. The van der Waals surface area contributed by atoms with Gasteiger partial charge in [-0.2, -0.15) is 0 Å². The van der Waals surface area contributed by atoms with E-state index in [0.29, 0.717) is 16.7 Å². The summed E-state index contributed by atoms with van der Waals surface area (Å²) in [5.74, 6) is -1.04. The first-order chi connectivity index (χ1) is 9.52. The maximum atomic E-state index is 11.6. The van der Waals surface area contributed by atoms with Crippen LogP contribution in [0.5, 0.6) is 0 Å². The molecule has 0 saturated carbocycles. The predicted molar refractivity (Wildman–Crippen MR) is 81.3 cm³/mol. The summed E-state index contributed by atoms with van der Waals surface area (Å²) in [6.45, 7) is 4.32. The summed E-state index contributed by atoms with van der Waals surface area (Å²) in [5.41, 5.74) is 0.544. The Hall–Kier alpha value is -1.60. The van der Waals surface area contributed by atoms with Gasteiger partial charge in [0.25, 0.3) is 0 Å². The molecule has 0 radical (unpaired) electrons. The lowest BCUT2D eigenvalue weighted by Crippen LogP contribution is -2.31. The summed E-state index contributed by atoms with van der Waals surface area (Å²) in [5, 5.41) is 17.4. The van der Waals surface area contributed by atoms with Crippen LogP contribution in [-0.2, 0) is 0 Å². The zero-order valence-corrected chi connectivity index (χ0v) is 12.8. The SMILES string of the molecule is CCNCCCNC(=O)Nc1cc(Br)cc(C(=O)O)c1. The van der Waals surface area contributed by atoms with Crippen LogP contribution in [0.3, 0.4) is 0 Å². The molecular weight excluding hydrogens is 326 g/mol. The maximum absolute atomic E-state index is 11.6. The van der Waals surface area contributed by atoms with Crippen molar-refractivity contribution in [1.29, 1.82) is 0 Å². The first-order valence-electron chi connectivity index (χ1n) is 6.32. The Morgan fingerprint density at radius 1 is 1.25 bits per heavy atom. The topological polar surface area (TPSA) is 90.5 Å². The monoisotopic (exact) mass is 343 g/mol. The van der Waals surface area contributed by atoms with Crippen LogP contribution in [-0.4, -0.2) is 36.7 Å². The summed E-state index contributed by atoms with van der Waals surface area (Å²) in [6, 6.07) is 4.17. The van der Waals surface area contributed by atoms with E-state index in [1.807, 2.05) is 6.92 Å². The number of rotatable bonds is 7. The maximum Gasteiger partial charge on any atom is 0.335 e. The standard InChI is InChI=1S/C13H18BrN3O3/c1-2-15-4-3-5-16-13(20)17-11-7-9(12(18)19)6-10(14)8-11/h6-8,15H,2-5H2,1H3,(H,18,19)(H2,16,17,20). The summed E-state index contributed by atoms with van der Waals surface area (Å²) in [6.07, 6.45) is 0.833. The van der Waals surface area contributed by atoms with Gasteiger partial charge in [-0.15, -0.1) is 0 Å². The number of hydrogen-bond donors (Lipinski definition) is 4. The van der Waals surface area contributed by atoms with Gasteiger partial charge in [0.2, 0.25) is 0 Å². The van der Waals surface area contributed by atoms with Crippen molar-refractivity contribution in [1.82, 2.24) is 10.6 Å². The lowest BCUT2D eigenvalue weighted by atomic mass is 10.2. The van der Waals surface area contributed by atoms with Crippen molar-refractivity contribution in [2.24, 2.45) is 0 Å². The average molecular weight is 344 g/mol. The quantitative estimate of drug-likeness (QED) is 0.571. The molecule has 0 aliphatic rings. The molecular formula is C13H18BrN3O3. The fourth-order valence-electron chi connectivity index (χ4n) is 1.55. The van der Waals surface area contributed by atoms with Gasteiger partial charge >= 0.3 is 12.0 Å². The minimum absolute atomic E-state index is 0.113. The van der Waals surface area contributed by atoms with Crippen molar-refractivity contribution < 1.29 is 14.7 Å². The zero-order valence-electron chi connectivity index (χ0n) is 11.2. The highest BCUT2D eigenvalue weighted by molar-refractivity contribution is 9.10. The first-order valence-corrected chi connectivity index (χ1v) is 7.11. The molecule has 0 aliphatic carbocycles. The Morgan fingerprint density at radius 3 is 2.65 bits per heavy atom. The predicted octanol–water partition coefficient (Wildman–Crippen LogP) is 2.27. The van der Waals surface area contributed by atoms with Crippen molar-refractivity contribution >= 4 is 33.6 Å². The van der Waals surface area contributed by atoms with Gasteiger partial charge < -0.3 is 21.1 Å². The van der Waals surface area contributed by atoms with Crippen LogP contribution in [0.25, 0.3) is 0 Å². The lowest BCUT2D eigenvalue weighted by Gasteiger charge is -2.09. The van der Waals surface area contributed by atoms with Gasteiger partial charge in [0, 0.05) is 16.7 Å². The molecule has 4 N–H and O–H groups in total. The molecule has 1 rings (SSSR count). The zero-order chi connectivity index (χ0) is 15.0. The number of benzene rings is 1. The molecule has 0 bridgehead atoms. The molecule has 7 heteroatoms. The minimum atomic E-state index is -1.04. The smallest absolute Gasteiger partial charge is 0.335 e. The molecule has 2 amide bonds. The lowest BCUT2D eigenvalue weighted by molar-refractivity contribution is 0.0697. The number of carboxylic acids is 1. The Balaban J connectivity index is 2.47. The Morgan fingerprint density at radius 2 is 2.00 bits per heavy atom. The number of aromatic carboxylic acids is 1. The molecule has 0 atom stereocenters. The molecule has 0 fully saturated rings. The van der Waals surface area contributed by atoms with Crippen molar-refractivity contribution in [3.63, 3.8) is 0 Å². The largest absolute Gasteiger partial charge is 0.478 e. The number of carboxylic acid groups (broad SMARTS) is 1. The van der Waals surface area contributed by atoms with E-state index in [-0.39, 0.29) is 11.6 Å². The van der Waals surface area contributed by atoms with Gasteiger partial charge in [-0.1, -0.05) is 22.9 Å². The van der Waals surface area contributed by atoms with Gasteiger partial charge in [0.05, 0.1) is 5.56 Å². The number of anilines is 1. The van der Waals surface area contributed by atoms with Crippen LogP contribution in [0.2, 0.25) is 0 Å². The summed E-state index contributed by atoms with van der Waals surface area (Å²) in [7, 11) is 0. The molecule has 1 aromatic rings. The molecule has 20 heavy (non-hydrogen) atoms. The van der Waals surface area contributed by atoms with E-state index in [0.717, 1.165) is 19.5 Å².